The summed E-state index contributed by atoms with van der Waals surface area (Å²) in [6.45, 7) is 5.60. The molecule has 0 fully saturated rings. The van der Waals surface area contributed by atoms with Gasteiger partial charge in [0.15, 0.2) is 11.5 Å². The molecule has 0 bridgehead atoms. The molecule has 0 spiro atoms. The van der Waals surface area contributed by atoms with E-state index in [-0.39, 0.29) is 6.61 Å². The molecule has 2 rings (SSSR count). The Balaban J connectivity index is 2.20. The number of rotatable bonds is 4. The van der Waals surface area contributed by atoms with Crippen LogP contribution in [0, 0.1) is 0 Å². The molecule has 1 atom stereocenters. The van der Waals surface area contributed by atoms with Crippen LogP contribution in [0.2, 0.25) is 0 Å². The molecule has 1 aromatic carbocycles. The molecule has 0 aromatic heterocycles. The number of benzene rings is 1. The van der Waals surface area contributed by atoms with Gasteiger partial charge in [0.2, 0.25) is 0 Å². The van der Waals surface area contributed by atoms with Gasteiger partial charge in [-0.2, -0.15) is 0 Å². The Kier molecular flexibility index (Phi) is 3.54. The molecule has 94 valence electrons. The van der Waals surface area contributed by atoms with Gasteiger partial charge in [-0.15, -0.1) is 0 Å². The van der Waals surface area contributed by atoms with Crippen LogP contribution in [0.3, 0.4) is 0 Å². The van der Waals surface area contributed by atoms with Gasteiger partial charge in [-0.1, -0.05) is 6.07 Å². The molecule has 1 heterocycles. The van der Waals surface area contributed by atoms with E-state index < -0.39 is 5.60 Å². The van der Waals surface area contributed by atoms with Crippen LogP contribution in [0.25, 0.3) is 0 Å². The summed E-state index contributed by atoms with van der Waals surface area (Å²) in [4.78, 5) is 0. The highest BCUT2D eigenvalue weighted by atomic mass is 16.6. The van der Waals surface area contributed by atoms with E-state index in [0.29, 0.717) is 25.6 Å². The molecule has 0 saturated carbocycles. The monoisotopic (exact) mass is 238 g/mol. The fraction of sp³-hybridized carbons (Fsp3) is 0.538. The van der Waals surface area contributed by atoms with Gasteiger partial charge >= 0.3 is 0 Å². The fourth-order valence-electron chi connectivity index (χ4n) is 1.76. The van der Waals surface area contributed by atoms with Crippen molar-refractivity contribution in [3.63, 3.8) is 0 Å². The molecule has 1 unspecified atom stereocenters. The smallest absolute Gasteiger partial charge is 0.161 e. The summed E-state index contributed by atoms with van der Waals surface area (Å²) < 4.78 is 16.2. The zero-order chi connectivity index (χ0) is 12.3. The molecule has 17 heavy (non-hydrogen) atoms. The number of hydrogen-bond donors (Lipinski definition) is 1. The summed E-state index contributed by atoms with van der Waals surface area (Å²) in [5.74, 6) is 1.41. The maximum absolute atomic E-state index is 10.3. The van der Waals surface area contributed by atoms with Gasteiger partial charge < -0.3 is 19.3 Å². The zero-order valence-corrected chi connectivity index (χ0v) is 10.2. The van der Waals surface area contributed by atoms with E-state index in [1.807, 2.05) is 25.1 Å². The van der Waals surface area contributed by atoms with Crippen molar-refractivity contribution in [2.45, 2.75) is 19.4 Å². The Labute approximate surface area is 101 Å². The van der Waals surface area contributed by atoms with Gasteiger partial charge in [0.05, 0.1) is 6.61 Å². The molecule has 0 radical (unpaired) electrons. The van der Waals surface area contributed by atoms with E-state index in [9.17, 15) is 5.11 Å². The van der Waals surface area contributed by atoms with Crippen molar-refractivity contribution in [3.05, 3.63) is 23.8 Å². The van der Waals surface area contributed by atoms with Crippen LogP contribution in [0.5, 0.6) is 11.5 Å². The van der Waals surface area contributed by atoms with Gasteiger partial charge in [-0.25, -0.2) is 0 Å². The molecule has 1 aromatic rings. The first-order valence-electron chi connectivity index (χ1n) is 5.84. The average molecular weight is 238 g/mol. The Bertz CT molecular complexity index is 387. The largest absolute Gasteiger partial charge is 0.486 e. The van der Waals surface area contributed by atoms with E-state index in [1.54, 1.807) is 6.92 Å². The Morgan fingerprint density at radius 1 is 1.29 bits per heavy atom. The van der Waals surface area contributed by atoms with Gasteiger partial charge in [0.1, 0.15) is 18.8 Å². The number of aliphatic hydroxyl groups is 1. The second-order valence-electron chi connectivity index (χ2n) is 4.27. The summed E-state index contributed by atoms with van der Waals surface area (Å²) in [6.07, 6.45) is 0. The third-order valence-corrected chi connectivity index (χ3v) is 2.75. The molecule has 0 aliphatic carbocycles. The molecular formula is C13H18O4. The van der Waals surface area contributed by atoms with Crippen molar-refractivity contribution in [2.75, 3.05) is 26.4 Å². The second-order valence-corrected chi connectivity index (χ2v) is 4.27. The van der Waals surface area contributed by atoms with E-state index >= 15 is 0 Å². The maximum Gasteiger partial charge on any atom is 0.161 e. The summed E-state index contributed by atoms with van der Waals surface area (Å²) in [7, 11) is 0. The van der Waals surface area contributed by atoms with Crippen LogP contribution in [-0.4, -0.2) is 31.5 Å². The van der Waals surface area contributed by atoms with Crippen molar-refractivity contribution in [1.29, 1.82) is 0 Å². The zero-order valence-electron chi connectivity index (χ0n) is 10.2. The summed E-state index contributed by atoms with van der Waals surface area (Å²) in [5.41, 5.74) is -0.235. The summed E-state index contributed by atoms with van der Waals surface area (Å²) in [6, 6.07) is 5.48. The highest BCUT2D eigenvalue weighted by molar-refractivity contribution is 5.45. The molecule has 0 amide bonds. The van der Waals surface area contributed by atoms with Gasteiger partial charge in [0.25, 0.3) is 0 Å². The lowest BCUT2D eigenvalue weighted by Gasteiger charge is -2.26. The lowest BCUT2D eigenvalue weighted by Crippen LogP contribution is -2.28. The third kappa shape index (κ3) is 2.70. The molecule has 1 aliphatic rings. The Morgan fingerprint density at radius 3 is 2.71 bits per heavy atom. The predicted molar refractivity (Wildman–Crippen MR) is 63.5 cm³/mol. The standard InChI is InChI=1S/C13H18O4/c1-3-15-9-13(2,14)10-4-5-11-12(8-10)17-7-6-16-11/h4-5,8,14H,3,6-7,9H2,1-2H3. The minimum atomic E-state index is -1.01. The molecule has 1 N–H and O–H groups in total. The molecule has 4 nitrogen and oxygen atoms in total. The van der Waals surface area contributed by atoms with Crippen molar-refractivity contribution < 1.29 is 19.3 Å². The number of hydrogen-bond acceptors (Lipinski definition) is 4. The SMILES string of the molecule is CCOCC(C)(O)c1ccc2c(c1)OCCO2. The first-order valence-corrected chi connectivity index (χ1v) is 5.84. The third-order valence-electron chi connectivity index (χ3n) is 2.75. The summed E-state index contributed by atoms with van der Waals surface area (Å²) in [5, 5.41) is 10.3. The van der Waals surface area contributed by atoms with Crippen LogP contribution in [0.15, 0.2) is 18.2 Å². The number of ether oxygens (including phenoxy) is 3. The Hall–Kier alpha value is -1.26. The lowest BCUT2D eigenvalue weighted by molar-refractivity contribution is -0.0345. The first kappa shape index (κ1) is 12.2. The van der Waals surface area contributed by atoms with E-state index in [2.05, 4.69) is 0 Å². The normalized spacial score (nSPS) is 17.6. The van der Waals surface area contributed by atoms with Crippen LogP contribution in [-0.2, 0) is 10.3 Å². The molecule has 1 aliphatic heterocycles. The minimum absolute atomic E-state index is 0.267. The minimum Gasteiger partial charge on any atom is -0.486 e. The van der Waals surface area contributed by atoms with Crippen LogP contribution in [0.1, 0.15) is 19.4 Å². The van der Waals surface area contributed by atoms with Crippen LogP contribution >= 0.6 is 0 Å². The van der Waals surface area contributed by atoms with Crippen molar-refractivity contribution in [3.8, 4) is 11.5 Å². The van der Waals surface area contributed by atoms with Crippen LogP contribution < -0.4 is 9.47 Å². The highest BCUT2D eigenvalue weighted by Gasteiger charge is 2.25. The maximum atomic E-state index is 10.3. The van der Waals surface area contributed by atoms with Crippen molar-refractivity contribution in [1.82, 2.24) is 0 Å². The van der Waals surface area contributed by atoms with Crippen molar-refractivity contribution in [2.24, 2.45) is 0 Å². The molecular weight excluding hydrogens is 220 g/mol. The predicted octanol–water partition coefficient (Wildman–Crippen LogP) is 1.70. The van der Waals surface area contributed by atoms with Crippen LogP contribution in [0.4, 0.5) is 0 Å². The van der Waals surface area contributed by atoms with E-state index in [1.165, 1.54) is 0 Å². The number of fused-ring (bicyclic) bond motifs is 1. The Morgan fingerprint density at radius 2 is 2.00 bits per heavy atom. The van der Waals surface area contributed by atoms with Crippen molar-refractivity contribution >= 4 is 0 Å². The van der Waals surface area contributed by atoms with Gasteiger partial charge in [-0.3, -0.25) is 0 Å². The average Bonchev–Trinajstić information content (AvgIpc) is 2.36. The van der Waals surface area contributed by atoms with Gasteiger partial charge in [0, 0.05) is 6.61 Å². The second kappa shape index (κ2) is 4.94. The first-order chi connectivity index (χ1) is 8.13. The lowest BCUT2D eigenvalue weighted by atomic mass is 9.96. The molecule has 0 saturated heterocycles. The van der Waals surface area contributed by atoms with Gasteiger partial charge in [-0.05, 0) is 31.5 Å². The highest BCUT2D eigenvalue weighted by Crippen LogP contribution is 2.34. The fourth-order valence-corrected chi connectivity index (χ4v) is 1.76. The topological polar surface area (TPSA) is 47.9 Å². The molecule has 4 heteroatoms. The quantitative estimate of drug-likeness (QED) is 0.867. The summed E-state index contributed by atoms with van der Waals surface area (Å²) >= 11 is 0. The van der Waals surface area contributed by atoms with E-state index in [4.69, 9.17) is 14.2 Å². The van der Waals surface area contributed by atoms with E-state index in [0.717, 1.165) is 11.3 Å².